The maximum Gasteiger partial charge on any atom is 0.343 e. The molecule has 0 atom stereocenters. The molecule has 0 bridgehead atoms. The summed E-state index contributed by atoms with van der Waals surface area (Å²) < 4.78 is 6.63. The number of hydrogen-bond donors (Lipinski definition) is 1. The monoisotopic (exact) mass is 402 g/mol. The molecule has 1 amide bonds. The third-order valence-corrected chi connectivity index (χ3v) is 4.33. The lowest BCUT2D eigenvalue weighted by Gasteiger charge is -2.09. The molecule has 0 aliphatic heterocycles. The number of aromatic nitrogens is 5. The third-order valence-electron chi connectivity index (χ3n) is 4.33. The van der Waals surface area contributed by atoms with Crippen molar-refractivity contribution < 1.29 is 14.3 Å². The Kier molecular flexibility index (Phi) is 5.17. The van der Waals surface area contributed by atoms with E-state index in [9.17, 15) is 9.59 Å². The fraction of sp³-hybridized carbons (Fsp3) is 0.143. The maximum absolute atomic E-state index is 12.4. The zero-order chi connectivity index (χ0) is 21.1. The molecule has 3 aromatic heterocycles. The molecule has 150 valence electrons. The van der Waals surface area contributed by atoms with Gasteiger partial charge >= 0.3 is 5.97 Å². The van der Waals surface area contributed by atoms with Crippen molar-refractivity contribution in [2.45, 2.75) is 13.8 Å². The molecule has 0 aliphatic rings. The van der Waals surface area contributed by atoms with E-state index in [-0.39, 0.29) is 18.2 Å². The van der Waals surface area contributed by atoms with Crippen molar-refractivity contribution in [1.82, 2.24) is 24.6 Å². The van der Waals surface area contributed by atoms with Gasteiger partial charge in [0.25, 0.3) is 5.91 Å². The number of nitrogens with zero attached hydrogens (tertiary/aromatic N) is 5. The second-order valence-electron chi connectivity index (χ2n) is 6.42. The van der Waals surface area contributed by atoms with Gasteiger partial charge in [-0.05, 0) is 32.0 Å². The summed E-state index contributed by atoms with van der Waals surface area (Å²) >= 11 is 0. The van der Waals surface area contributed by atoms with E-state index >= 15 is 0 Å². The van der Waals surface area contributed by atoms with Crippen molar-refractivity contribution in [3.63, 3.8) is 0 Å². The fourth-order valence-corrected chi connectivity index (χ4v) is 2.92. The zero-order valence-electron chi connectivity index (χ0n) is 16.4. The van der Waals surface area contributed by atoms with E-state index in [1.165, 1.54) is 18.6 Å². The molecule has 30 heavy (non-hydrogen) atoms. The summed E-state index contributed by atoms with van der Waals surface area (Å²) in [4.78, 5) is 37.0. The zero-order valence-corrected chi connectivity index (χ0v) is 16.4. The first-order valence-electron chi connectivity index (χ1n) is 9.27. The third kappa shape index (κ3) is 3.72. The lowest BCUT2D eigenvalue weighted by Crippen LogP contribution is -2.14. The molecular formula is C21H18N6O3. The molecule has 0 saturated carbocycles. The molecule has 9 heteroatoms. The number of ether oxygens (including phenoxy) is 1. The first kappa shape index (κ1) is 19.2. The van der Waals surface area contributed by atoms with Crippen molar-refractivity contribution in [1.29, 1.82) is 0 Å². The van der Waals surface area contributed by atoms with Crippen LogP contribution in [0.25, 0.3) is 16.9 Å². The molecule has 1 N–H and O–H groups in total. The van der Waals surface area contributed by atoms with Crippen molar-refractivity contribution in [3.05, 3.63) is 72.1 Å². The van der Waals surface area contributed by atoms with Crippen molar-refractivity contribution in [2.24, 2.45) is 0 Å². The van der Waals surface area contributed by atoms with Gasteiger partial charge in [-0.25, -0.2) is 19.3 Å². The van der Waals surface area contributed by atoms with Crippen molar-refractivity contribution in [3.8, 4) is 11.3 Å². The van der Waals surface area contributed by atoms with Gasteiger partial charge in [-0.2, -0.15) is 5.10 Å². The highest BCUT2D eigenvalue weighted by atomic mass is 16.5. The molecule has 1 aromatic carbocycles. The number of benzene rings is 1. The van der Waals surface area contributed by atoms with E-state index < -0.39 is 5.97 Å². The van der Waals surface area contributed by atoms with Crippen LogP contribution in [0.1, 0.15) is 33.5 Å². The summed E-state index contributed by atoms with van der Waals surface area (Å²) in [5.41, 5.74) is 3.73. The summed E-state index contributed by atoms with van der Waals surface area (Å²) in [5, 5.41) is 7.11. The Hall–Kier alpha value is -4.14. The molecule has 4 aromatic rings. The first-order valence-corrected chi connectivity index (χ1v) is 9.27. The first-order chi connectivity index (χ1) is 14.6. The van der Waals surface area contributed by atoms with E-state index in [0.717, 1.165) is 11.3 Å². The van der Waals surface area contributed by atoms with Crippen LogP contribution in [0.15, 0.2) is 55.1 Å². The van der Waals surface area contributed by atoms with Gasteiger partial charge in [0.15, 0.2) is 5.65 Å². The van der Waals surface area contributed by atoms with E-state index in [4.69, 9.17) is 4.74 Å². The maximum atomic E-state index is 12.4. The average molecular weight is 402 g/mol. The van der Waals surface area contributed by atoms with Crippen LogP contribution < -0.4 is 5.32 Å². The lowest BCUT2D eigenvalue weighted by atomic mass is 10.1. The number of fused-ring (bicyclic) bond motifs is 1. The molecule has 9 nitrogen and oxygen atoms in total. The van der Waals surface area contributed by atoms with Gasteiger partial charge < -0.3 is 10.1 Å². The highest BCUT2D eigenvalue weighted by molar-refractivity contribution is 6.03. The minimum absolute atomic E-state index is 0.225. The molecule has 0 aliphatic carbocycles. The Morgan fingerprint density at radius 3 is 2.73 bits per heavy atom. The number of anilines is 1. The number of esters is 1. The standard InChI is InChI=1S/C21H18N6O3/c1-3-30-21(29)16-11-25-27-18(7-8-22-19(16)27)14-5-4-6-15(9-14)26-20(28)17-12-23-13(2)10-24-17/h4-12H,3H2,1-2H3,(H,26,28). The smallest absolute Gasteiger partial charge is 0.343 e. The van der Waals surface area contributed by atoms with Gasteiger partial charge in [-0.15, -0.1) is 0 Å². The number of carbonyl (C=O) groups is 2. The van der Waals surface area contributed by atoms with E-state index in [0.29, 0.717) is 22.6 Å². The van der Waals surface area contributed by atoms with Gasteiger partial charge in [0.2, 0.25) is 0 Å². The summed E-state index contributed by atoms with van der Waals surface area (Å²) in [7, 11) is 0. The van der Waals surface area contributed by atoms with Crippen LogP contribution in [-0.2, 0) is 4.74 Å². The second kappa shape index (κ2) is 8.08. The summed E-state index contributed by atoms with van der Waals surface area (Å²) in [6, 6.07) is 9.05. The summed E-state index contributed by atoms with van der Waals surface area (Å²) in [6.07, 6.45) is 6.01. The van der Waals surface area contributed by atoms with Gasteiger partial charge in [0.1, 0.15) is 11.3 Å². The van der Waals surface area contributed by atoms with Gasteiger partial charge in [-0.1, -0.05) is 12.1 Å². The van der Waals surface area contributed by atoms with Crippen LogP contribution in [0, 0.1) is 6.92 Å². The normalized spacial score (nSPS) is 10.7. The Bertz CT molecular complexity index is 1230. The molecule has 0 fully saturated rings. The number of nitrogens with one attached hydrogen (secondary N) is 1. The number of aryl methyl sites for hydroxylation is 1. The van der Waals surface area contributed by atoms with E-state index in [2.05, 4.69) is 25.4 Å². The number of hydrogen-bond acceptors (Lipinski definition) is 7. The number of rotatable bonds is 5. The fourth-order valence-electron chi connectivity index (χ4n) is 2.92. The molecular weight excluding hydrogens is 384 g/mol. The van der Waals surface area contributed by atoms with Crippen LogP contribution in [0.3, 0.4) is 0 Å². The van der Waals surface area contributed by atoms with Crippen LogP contribution >= 0.6 is 0 Å². The van der Waals surface area contributed by atoms with Crippen LogP contribution in [0.5, 0.6) is 0 Å². The molecule has 0 saturated heterocycles. The quantitative estimate of drug-likeness (QED) is 0.511. The minimum atomic E-state index is -0.475. The Morgan fingerprint density at radius 1 is 1.10 bits per heavy atom. The largest absolute Gasteiger partial charge is 0.462 e. The molecule has 4 rings (SSSR count). The molecule has 0 spiro atoms. The van der Waals surface area contributed by atoms with Crippen LogP contribution in [0.4, 0.5) is 5.69 Å². The minimum Gasteiger partial charge on any atom is -0.462 e. The molecule has 0 unspecified atom stereocenters. The van der Waals surface area contributed by atoms with E-state index in [1.807, 2.05) is 12.1 Å². The molecule has 3 heterocycles. The topological polar surface area (TPSA) is 111 Å². The number of amides is 1. The SMILES string of the molecule is CCOC(=O)c1cnn2c(-c3cccc(NC(=O)c4cnc(C)cn4)c3)ccnc12. The van der Waals surface area contributed by atoms with Gasteiger partial charge in [-0.3, -0.25) is 9.78 Å². The number of carbonyl (C=O) groups excluding carboxylic acids is 2. The van der Waals surface area contributed by atoms with Crippen LogP contribution in [-0.4, -0.2) is 43.0 Å². The highest BCUT2D eigenvalue weighted by Crippen LogP contribution is 2.24. The predicted octanol–water partition coefficient (Wildman–Crippen LogP) is 2.92. The predicted molar refractivity (Wildman–Crippen MR) is 109 cm³/mol. The Balaban J connectivity index is 1.65. The summed E-state index contributed by atoms with van der Waals surface area (Å²) in [5.74, 6) is -0.833. The van der Waals surface area contributed by atoms with Gasteiger partial charge in [0.05, 0.1) is 30.4 Å². The van der Waals surface area contributed by atoms with Crippen LogP contribution in [0.2, 0.25) is 0 Å². The van der Waals surface area contributed by atoms with Crippen molar-refractivity contribution in [2.75, 3.05) is 11.9 Å². The van der Waals surface area contributed by atoms with Gasteiger partial charge in [0, 0.05) is 23.6 Å². The second-order valence-corrected chi connectivity index (χ2v) is 6.42. The lowest BCUT2D eigenvalue weighted by molar-refractivity contribution is 0.0528. The summed E-state index contributed by atoms with van der Waals surface area (Å²) in [6.45, 7) is 3.81. The Labute approximate surface area is 171 Å². The van der Waals surface area contributed by atoms with E-state index in [1.54, 1.807) is 42.8 Å². The Morgan fingerprint density at radius 2 is 1.97 bits per heavy atom. The van der Waals surface area contributed by atoms with Crippen molar-refractivity contribution >= 4 is 23.2 Å². The average Bonchev–Trinajstić information content (AvgIpc) is 3.19. The highest BCUT2D eigenvalue weighted by Gasteiger charge is 2.17. The molecule has 0 radical (unpaired) electrons.